The van der Waals surface area contributed by atoms with Crippen molar-refractivity contribution < 1.29 is 18.0 Å². The second kappa shape index (κ2) is 4.30. The van der Waals surface area contributed by atoms with Gasteiger partial charge in [-0.25, -0.2) is 13.2 Å². The van der Waals surface area contributed by atoms with Crippen LogP contribution in [0.4, 0.5) is 13.2 Å². The maximum atomic E-state index is 13.7. The minimum Gasteiger partial charge on any atom is -0.364 e. The number of nitrogens with one attached hydrogen (secondary N) is 1. The molecule has 0 spiro atoms. The molecule has 9 heteroatoms. The van der Waals surface area contributed by atoms with Crippen LogP contribution in [0.5, 0.6) is 0 Å². The van der Waals surface area contributed by atoms with E-state index in [0.717, 1.165) is 0 Å². The van der Waals surface area contributed by atoms with Gasteiger partial charge >= 0.3 is 0 Å². The molecule has 1 heterocycles. The van der Waals surface area contributed by atoms with Crippen LogP contribution in [0.15, 0.2) is 6.07 Å². The van der Waals surface area contributed by atoms with Crippen molar-refractivity contribution in [1.82, 2.24) is 15.4 Å². The van der Waals surface area contributed by atoms with E-state index in [4.69, 9.17) is 17.3 Å². The first kappa shape index (κ1) is 12.4. The molecule has 0 aliphatic rings. The van der Waals surface area contributed by atoms with Crippen LogP contribution >= 0.6 is 11.6 Å². The van der Waals surface area contributed by atoms with Crippen molar-refractivity contribution >= 4 is 17.5 Å². The molecule has 0 radical (unpaired) electrons. The van der Waals surface area contributed by atoms with E-state index in [-0.39, 0.29) is 0 Å². The fourth-order valence-corrected chi connectivity index (χ4v) is 1.51. The van der Waals surface area contributed by atoms with E-state index in [1.807, 2.05) is 5.21 Å². The number of aromatic amines is 1. The monoisotopic (exact) mass is 276 g/mol. The first-order valence-electron chi connectivity index (χ1n) is 4.47. The third kappa shape index (κ3) is 1.80. The number of aromatic nitrogens is 3. The number of benzene rings is 1. The zero-order chi connectivity index (χ0) is 13.4. The van der Waals surface area contributed by atoms with Crippen LogP contribution in [0.2, 0.25) is 5.02 Å². The summed E-state index contributed by atoms with van der Waals surface area (Å²) in [6.45, 7) is 0. The lowest BCUT2D eigenvalue weighted by atomic mass is 10.1. The summed E-state index contributed by atoms with van der Waals surface area (Å²) in [5.74, 6) is -4.96. The van der Waals surface area contributed by atoms with E-state index < -0.39 is 45.3 Å². The fraction of sp³-hybridized carbons (Fsp3) is 0. The molecule has 3 N–H and O–H groups in total. The number of amides is 1. The molecule has 0 aliphatic carbocycles. The summed E-state index contributed by atoms with van der Waals surface area (Å²) in [5.41, 5.74) is 3.23. The molecule has 0 saturated heterocycles. The van der Waals surface area contributed by atoms with Crippen molar-refractivity contribution in [3.05, 3.63) is 34.2 Å². The Morgan fingerprint density at radius 1 is 1.28 bits per heavy atom. The van der Waals surface area contributed by atoms with Crippen LogP contribution in [0.3, 0.4) is 0 Å². The number of nitrogens with zero attached hydrogens (tertiary/aromatic N) is 2. The number of carbonyl (C=O) groups is 1. The molecule has 0 unspecified atom stereocenters. The van der Waals surface area contributed by atoms with Gasteiger partial charge in [-0.15, -0.1) is 0 Å². The Morgan fingerprint density at radius 2 is 1.94 bits per heavy atom. The van der Waals surface area contributed by atoms with Crippen molar-refractivity contribution in [2.24, 2.45) is 5.73 Å². The highest BCUT2D eigenvalue weighted by Gasteiger charge is 2.25. The first-order valence-corrected chi connectivity index (χ1v) is 4.85. The Bertz CT molecular complexity index is 643. The molecule has 0 saturated carbocycles. The number of H-pyrrole nitrogens is 1. The van der Waals surface area contributed by atoms with Gasteiger partial charge in [0.15, 0.2) is 11.5 Å². The van der Waals surface area contributed by atoms with Gasteiger partial charge in [-0.3, -0.25) is 4.79 Å². The molecular formula is C9H4ClF3N4O. The summed E-state index contributed by atoms with van der Waals surface area (Å²) >= 11 is 5.31. The largest absolute Gasteiger partial charge is 0.364 e. The molecule has 1 amide bonds. The average molecular weight is 277 g/mol. The predicted octanol–water partition coefficient (Wildman–Crippen LogP) is 1.64. The van der Waals surface area contributed by atoms with Gasteiger partial charge in [-0.1, -0.05) is 11.6 Å². The highest BCUT2D eigenvalue weighted by molar-refractivity contribution is 6.31. The third-order valence-corrected chi connectivity index (χ3v) is 2.48. The molecular weight excluding hydrogens is 273 g/mol. The second-order valence-electron chi connectivity index (χ2n) is 3.23. The normalized spacial score (nSPS) is 10.7. The van der Waals surface area contributed by atoms with Gasteiger partial charge in [0.05, 0.1) is 5.56 Å². The highest BCUT2D eigenvalue weighted by Crippen LogP contribution is 2.32. The second-order valence-corrected chi connectivity index (χ2v) is 3.61. The number of hydrogen-bond donors (Lipinski definition) is 2. The minimum atomic E-state index is -1.38. The Kier molecular flexibility index (Phi) is 2.95. The molecule has 18 heavy (non-hydrogen) atoms. The molecule has 1 aromatic carbocycles. The van der Waals surface area contributed by atoms with Crippen LogP contribution in [0, 0.1) is 17.5 Å². The van der Waals surface area contributed by atoms with Crippen LogP contribution in [-0.2, 0) is 0 Å². The zero-order valence-electron chi connectivity index (χ0n) is 8.47. The number of nitrogens with two attached hydrogens (primary N) is 1. The first-order chi connectivity index (χ1) is 8.43. The van der Waals surface area contributed by atoms with Gasteiger partial charge in [0.2, 0.25) is 0 Å². The van der Waals surface area contributed by atoms with E-state index >= 15 is 0 Å². The molecule has 1 aromatic heterocycles. The summed E-state index contributed by atoms with van der Waals surface area (Å²) in [6.07, 6.45) is 0. The van der Waals surface area contributed by atoms with Crippen molar-refractivity contribution in [2.45, 2.75) is 0 Å². The van der Waals surface area contributed by atoms with Crippen molar-refractivity contribution in [3.8, 4) is 11.3 Å². The smallest absolute Gasteiger partial charge is 0.271 e. The Labute approximate surface area is 103 Å². The number of hydrogen-bond acceptors (Lipinski definition) is 3. The van der Waals surface area contributed by atoms with Crippen molar-refractivity contribution in [2.75, 3.05) is 0 Å². The molecule has 0 aliphatic heterocycles. The summed E-state index contributed by atoms with van der Waals surface area (Å²) in [5, 5.41) is 7.83. The van der Waals surface area contributed by atoms with E-state index in [2.05, 4.69) is 10.2 Å². The van der Waals surface area contributed by atoms with Crippen LogP contribution in [0.1, 0.15) is 10.5 Å². The molecule has 0 fully saturated rings. The highest BCUT2D eigenvalue weighted by atomic mass is 35.5. The molecule has 2 aromatic rings. The van der Waals surface area contributed by atoms with E-state index in [0.29, 0.717) is 6.07 Å². The molecule has 0 atom stereocenters. The topological polar surface area (TPSA) is 84.7 Å². The van der Waals surface area contributed by atoms with Crippen molar-refractivity contribution in [1.29, 1.82) is 0 Å². The maximum Gasteiger partial charge on any atom is 0.271 e. The lowest BCUT2D eigenvalue weighted by Gasteiger charge is -2.05. The lowest BCUT2D eigenvalue weighted by Crippen LogP contribution is -2.13. The number of halogens is 4. The van der Waals surface area contributed by atoms with Gasteiger partial charge in [0.1, 0.15) is 22.4 Å². The van der Waals surface area contributed by atoms with Crippen LogP contribution in [-0.4, -0.2) is 21.3 Å². The molecule has 94 valence electrons. The van der Waals surface area contributed by atoms with Crippen LogP contribution in [0.25, 0.3) is 11.3 Å². The molecule has 0 bridgehead atoms. The van der Waals surface area contributed by atoms with Gasteiger partial charge in [0, 0.05) is 6.07 Å². The van der Waals surface area contributed by atoms with Gasteiger partial charge < -0.3 is 5.73 Å². The number of rotatable bonds is 2. The fourth-order valence-electron chi connectivity index (χ4n) is 1.36. The van der Waals surface area contributed by atoms with Gasteiger partial charge in [-0.2, -0.15) is 15.4 Å². The number of primary amides is 1. The SMILES string of the molecule is NC(=O)c1n[nH]nc1-c1c(F)cc(F)c(Cl)c1F. The molecule has 2 rings (SSSR count). The number of carbonyl (C=O) groups excluding carboxylic acids is 1. The standard InChI is InChI=1S/C9H4ClF3N4O/c10-5-3(12)1-2(11)4(6(5)13)7-8(9(14)18)16-17-15-7/h1H,(H2,14,18)(H,15,16,17). The molecule has 5 nitrogen and oxygen atoms in total. The minimum absolute atomic E-state index is 0.375. The Hall–Kier alpha value is -2.09. The summed E-state index contributed by atoms with van der Waals surface area (Å²) in [6, 6.07) is 0.375. The van der Waals surface area contributed by atoms with E-state index in [1.165, 1.54) is 0 Å². The quantitative estimate of drug-likeness (QED) is 0.646. The summed E-state index contributed by atoms with van der Waals surface area (Å²) in [7, 11) is 0. The van der Waals surface area contributed by atoms with Crippen molar-refractivity contribution in [3.63, 3.8) is 0 Å². The van der Waals surface area contributed by atoms with E-state index in [9.17, 15) is 18.0 Å². The lowest BCUT2D eigenvalue weighted by molar-refractivity contribution is 0.0996. The zero-order valence-corrected chi connectivity index (χ0v) is 9.23. The summed E-state index contributed by atoms with van der Waals surface area (Å²) in [4.78, 5) is 11.0. The maximum absolute atomic E-state index is 13.7. The van der Waals surface area contributed by atoms with E-state index in [1.54, 1.807) is 0 Å². The Morgan fingerprint density at radius 3 is 2.56 bits per heavy atom. The Balaban J connectivity index is 2.75. The third-order valence-electron chi connectivity index (χ3n) is 2.13. The van der Waals surface area contributed by atoms with Crippen LogP contribution < -0.4 is 5.73 Å². The van der Waals surface area contributed by atoms with Gasteiger partial charge in [-0.05, 0) is 0 Å². The predicted molar refractivity (Wildman–Crippen MR) is 55.2 cm³/mol. The average Bonchev–Trinajstić information content (AvgIpc) is 2.75. The van der Waals surface area contributed by atoms with Gasteiger partial charge in [0.25, 0.3) is 5.91 Å². The summed E-state index contributed by atoms with van der Waals surface area (Å²) < 4.78 is 40.2.